The smallest absolute Gasteiger partial charge is 0.305 e. The monoisotopic (exact) mass is 243 g/mol. The van der Waals surface area contributed by atoms with E-state index in [-0.39, 0.29) is 24.0 Å². The molecule has 1 fully saturated rings. The van der Waals surface area contributed by atoms with Gasteiger partial charge in [-0.1, -0.05) is 6.92 Å². The Morgan fingerprint density at radius 1 is 1.53 bits per heavy atom. The van der Waals surface area contributed by atoms with Crippen LogP contribution < -0.4 is 0 Å². The van der Waals surface area contributed by atoms with Gasteiger partial charge in [-0.15, -0.1) is 0 Å². The van der Waals surface area contributed by atoms with E-state index in [0.717, 1.165) is 25.8 Å². The zero-order chi connectivity index (χ0) is 12.8. The van der Waals surface area contributed by atoms with Crippen LogP contribution in [0.15, 0.2) is 0 Å². The standard InChI is InChI=1S/C12H21NO4/c1-9(7-11(15)16-2)12(17-3)10-5-4-6-13(10)8-14/h8-10,12H,4-7H2,1-3H3. The summed E-state index contributed by atoms with van der Waals surface area (Å²) in [5.41, 5.74) is 0. The molecule has 1 saturated heterocycles. The number of likely N-dealkylation sites (tertiary alicyclic amines) is 1. The van der Waals surface area contributed by atoms with Crippen molar-refractivity contribution in [3.63, 3.8) is 0 Å². The van der Waals surface area contributed by atoms with Gasteiger partial charge in [0.2, 0.25) is 6.41 Å². The maximum atomic E-state index is 11.2. The predicted molar refractivity (Wildman–Crippen MR) is 62.4 cm³/mol. The first-order chi connectivity index (χ1) is 8.13. The van der Waals surface area contributed by atoms with Crippen molar-refractivity contribution in [3.05, 3.63) is 0 Å². The summed E-state index contributed by atoms with van der Waals surface area (Å²) in [6.45, 7) is 2.73. The fourth-order valence-corrected chi connectivity index (χ4v) is 2.53. The number of rotatable bonds is 6. The maximum absolute atomic E-state index is 11.2. The van der Waals surface area contributed by atoms with E-state index in [1.54, 1.807) is 12.0 Å². The Morgan fingerprint density at radius 3 is 2.76 bits per heavy atom. The minimum absolute atomic E-state index is 0.0398. The quantitative estimate of drug-likeness (QED) is 0.512. The molecule has 0 aliphatic carbocycles. The van der Waals surface area contributed by atoms with Crippen LogP contribution in [0.1, 0.15) is 26.2 Å². The van der Waals surface area contributed by atoms with Crippen LogP contribution in [-0.2, 0) is 19.1 Å². The van der Waals surface area contributed by atoms with E-state index in [2.05, 4.69) is 4.74 Å². The Kier molecular flexibility index (Phi) is 5.41. The molecular formula is C12H21NO4. The zero-order valence-corrected chi connectivity index (χ0v) is 10.7. The molecule has 5 heteroatoms. The summed E-state index contributed by atoms with van der Waals surface area (Å²) in [7, 11) is 3.00. The van der Waals surface area contributed by atoms with Gasteiger partial charge < -0.3 is 14.4 Å². The van der Waals surface area contributed by atoms with Gasteiger partial charge in [0.05, 0.1) is 25.7 Å². The molecule has 1 aliphatic heterocycles. The molecule has 98 valence electrons. The molecule has 0 radical (unpaired) electrons. The highest BCUT2D eigenvalue weighted by Gasteiger charge is 2.35. The summed E-state index contributed by atoms with van der Waals surface area (Å²) in [5, 5.41) is 0. The van der Waals surface area contributed by atoms with Crippen LogP contribution in [0.25, 0.3) is 0 Å². The van der Waals surface area contributed by atoms with Gasteiger partial charge in [0.1, 0.15) is 0 Å². The molecule has 0 aromatic rings. The molecule has 5 nitrogen and oxygen atoms in total. The first kappa shape index (κ1) is 14.0. The lowest BCUT2D eigenvalue weighted by Crippen LogP contribution is -2.43. The maximum Gasteiger partial charge on any atom is 0.305 e. The lowest BCUT2D eigenvalue weighted by atomic mass is 9.93. The third-order valence-corrected chi connectivity index (χ3v) is 3.41. The van der Waals surface area contributed by atoms with Gasteiger partial charge >= 0.3 is 5.97 Å². The molecule has 1 heterocycles. The van der Waals surface area contributed by atoms with Crippen molar-refractivity contribution in [2.24, 2.45) is 5.92 Å². The number of carbonyl (C=O) groups excluding carboxylic acids is 2. The first-order valence-corrected chi connectivity index (χ1v) is 5.94. The van der Waals surface area contributed by atoms with E-state index in [1.165, 1.54) is 7.11 Å². The summed E-state index contributed by atoms with van der Waals surface area (Å²) in [5.74, 6) is -0.201. The van der Waals surface area contributed by atoms with Gasteiger partial charge in [-0.3, -0.25) is 9.59 Å². The van der Waals surface area contributed by atoms with Gasteiger partial charge in [0.15, 0.2) is 0 Å². The minimum atomic E-state index is -0.241. The van der Waals surface area contributed by atoms with Crippen LogP contribution in [0.4, 0.5) is 0 Å². The molecule has 0 aromatic heterocycles. The van der Waals surface area contributed by atoms with E-state index in [0.29, 0.717) is 6.42 Å². The van der Waals surface area contributed by atoms with Crippen molar-refractivity contribution in [2.45, 2.75) is 38.3 Å². The highest BCUT2D eigenvalue weighted by molar-refractivity contribution is 5.69. The fraction of sp³-hybridized carbons (Fsp3) is 0.833. The Bertz CT molecular complexity index is 269. The molecule has 0 saturated carbocycles. The van der Waals surface area contributed by atoms with Gasteiger partial charge in [0.25, 0.3) is 0 Å². The minimum Gasteiger partial charge on any atom is -0.469 e. The molecule has 0 N–H and O–H groups in total. The number of ether oxygens (including phenoxy) is 2. The van der Waals surface area contributed by atoms with Gasteiger partial charge in [0, 0.05) is 13.7 Å². The summed E-state index contributed by atoms with van der Waals surface area (Å²) >= 11 is 0. The average molecular weight is 243 g/mol. The SMILES string of the molecule is COC(=O)CC(C)C(OC)C1CCCN1C=O. The van der Waals surface area contributed by atoms with Crippen molar-refractivity contribution in [1.29, 1.82) is 0 Å². The lowest BCUT2D eigenvalue weighted by Gasteiger charge is -2.31. The number of nitrogens with zero attached hydrogens (tertiary/aromatic N) is 1. The van der Waals surface area contributed by atoms with E-state index >= 15 is 0 Å². The van der Waals surface area contributed by atoms with E-state index in [4.69, 9.17) is 4.74 Å². The molecule has 3 unspecified atom stereocenters. The second-order valence-electron chi connectivity index (χ2n) is 4.51. The van der Waals surface area contributed by atoms with Gasteiger partial charge in [-0.2, -0.15) is 0 Å². The lowest BCUT2D eigenvalue weighted by molar-refractivity contribution is -0.143. The van der Waals surface area contributed by atoms with E-state index in [9.17, 15) is 9.59 Å². The molecular weight excluding hydrogens is 222 g/mol. The zero-order valence-electron chi connectivity index (χ0n) is 10.7. The number of esters is 1. The third kappa shape index (κ3) is 3.43. The Hall–Kier alpha value is -1.10. The largest absolute Gasteiger partial charge is 0.469 e. The number of hydrogen-bond donors (Lipinski definition) is 0. The predicted octanol–water partition coefficient (Wildman–Crippen LogP) is 0.821. The van der Waals surface area contributed by atoms with Crippen LogP contribution in [-0.4, -0.2) is 50.2 Å². The summed E-state index contributed by atoms with van der Waals surface area (Å²) in [4.78, 5) is 23.9. The molecule has 17 heavy (non-hydrogen) atoms. The number of hydrogen-bond acceptors (Lipinski definition) is 4. The van der Waals surface area contributed by atoms with Crippen LogP contribution in [0.2, 0.25) is 0 Å². The number of carbonyl (C=O) groups is 2. The van der Waals surface area contributed by atoms with Crippen molar-refractivity contribution in [2.75, 3.05) is 20.8 Å². The molecule has 0 spiro atoms. The Balaban J connectivity index is 2.63. The number of methoxy groups -OCH3 is 2. The highest BCUT2D eigenvalue weighted by Crippen LogP contribution is 2.26. The molecule has 1 amide bonds. The second-order valence-corrected chi connectivity index (χ2v) is 4.51. The van der Waals surface area contributed by atoms with Crippen molar-refractivity contribution in [1.82, 2.24) is 4.90 Å². The Labute approximate surface area is 102 Å². The normalized spacial score (nSPS) is 23.2. The average Bonchev–Trinajstić information content (AvgIpc) is 2.78. The van der Waals surface area contributed by atoms with Crippen LogP contribution in [0.5, 0.6) is 0 Å². The fourth-order valence-electron chi connectivity index (χ4n) is 2.53. The molecule has 0 bridgehead atoms. The number of amides is 1. The second kappa shape index (κ2) is 6.59. The van der Waals surface area contributed by atoms with Crippen molar-refractivity contribution >= 4 is 12.4 Å². The molecule has 1 rings (SSSR count). The first-order valence-electron chi connectivity index (χ1n) is 5.94. The highest BCUT2D eigenvalue weighted by atomic mass is 16.5. The van der Waals surface area contributed by atoms with Crippen LogP contribution in [0, 0.1) is 5.92 Å². The van der Waals surface area contributed by atoms with Gasteiger partial charge in [-0.05, 0) is 18.8 Å². The van der Waals surface area contributed by atoms with Crippen molar-refractivity contribution in [3.8, 4) is 0 Å². The molecule has 0 aromatic carbocycles. The summed E-state index contributed by atoms with van der Waals surface area (Å²) < 4.78 is 10.1. The third-order valence-electron chi connectivity index (χ3n) is 3.41. The van der Waals surface area contributed by atoms with Crippen molar-refractivity contribution < 1.29 is 19.1 Å². The summed E-state index contributed by atoms with van der Waals surface area (Å²) in [6, 6.07) is 0.0807. The van der Waals surface area contributed by atoms with Crippen LogP contribution in [0.3, 0.4) is 0 Å². The van der Waals surface area contributed by atoms with E-state index in [1.807, 2.05) is 6.92 Å². The topological polar surface area (TPSA) is 55.8 Å². The molecule has 3 atom stereocenters. The van der Waals surface area contributed by atoms with Gasteiger partial charge in [-0.25, -0.2) is 0 Å². The van der Waals surface area contributed by atoms with Crippen LogP contribution >= 0.6 is 0 Å². The summed E-state index contributed by atoms with van der Waals surface area (Å²) in [6.07, 6.45) is 3.01. The Morgan fingerprint density at radius 2 is 2.24 bits per heavy atom. The van der Waals surface area contributed by atoms with E-state index < -0.39 is 0 Å². The molecule has 1 aliphatic rings.